The van der Waals surface area contributed by atoms with Crippen molar-refractivity contribution < 1.29 is 4.84 Å². The van der Waals surface area contributed by atoms with Crippen LogP contribution in [0, 0.1) is 5.92 Å². The summed E-state index contributed by atoms with van der Waals surface area (Å²) in [5.41, 5.74) is 2.70. The molecular formula is C8H18N2O. The van der Waals surface area contributed by atoms with E-state index in [1.54, 1.807) is 7.05 Å². The molecular weight excluding hydrogens is 140 g/mol. The molecule has 3 heteroatoms. The number of nitrogens with zero attached hydrogens (tertiary/aromatic N) is 1. The van der Waals surface area contributed by atoms with E-state index < -0.39 is 0 Å². The average Bonchev–Trinajstić information content (AvgIpc) is 2.26. The molecule has 1 aliphatic heterocycles. The highest BCUT2D eigenvalue weighted by Gasteiger charge is 2.26. The Morgan fingerprint density at radius 3 is 2.82 bits per heavy atom. The largest absolute Gasteiger partial charge is 0.301 e. The lowest BCUT2D eigenvalue weighted by Gasteiger charge is -2.18. The fraction of sp³-hybridized carbons (Fsp3) is 1.00. The normalized spacial score (nSPS) is 33.0. The Labute approximate surface area is 68.7 Å². The molecule has 0 spiro atoms. The van der Waals surface area contributed by atoms with Crippen LogP contribution >= 0.6 is 0 Å². The van der Waals surface area contributed by atoms with E-state index >= 15 is 0 Å². The Balaban J connectivity index is 2.23. The van der Waals surface area contributed by atoms with Gasteiger partial charge >= 0.3 is 0 Å². The van der Waals surface area contributed by atoms with Gasteiger partial charge in [0.2, 0.25) is 0 Å². The molecule has 66 valence electrons. The van der Waals surface area contributed by atoms with Crippen molar-refractivity contribution in [3.8, 4) is 0 Å². The molecule has 11 heavy (non-hydrogen) atoms. The molecule has 1 saturated heterocycles. The lowest BCUT2D eigenvalue weighted by atomic mass is 10.1. The smallest absolute Gasteiger partial charge is 0.0837 e. The Hall–Kier alpha value is -0.120. The van der Waals surface area contributed by atoms with Gasteiger partial charge in [0.05, 0.1) is 6.61 Å². The van der Waals surface area contributed by atoms with Crippen LogP contribution in [-0.2, 0) is 4.84 Å². The second-order valence-electron chi connectivity index (χ2n) is 3.45. The Morgan fingerprint density at radius 1 is 1.64 bits per heavy atom. The number of hydroxylamine groups is 1. The molecule has 1 heterocycles. The molecule has 0 saturated carbocycles. The number of nitrogens with one attached hydrogen (secondary N) is 1. The van der Waals surface area contributed by atoms with Crippen LogP contribution in [0.1, 0.15) is 13.3 Å². The van der Waals surface area contributed by atoms with Crippen molar-refractivity contribution in [2.45, 2.75) is 19.4 Å². The van der Waals surface area contributed by atoms with Crippen molar-refractivity contribution in [3.63, 3.8) is 0 Å². The highest BCUT2D eigenvalue weighted by atomic mass is 16.6. The number of hydrogen-bond acceptors (Lipinski definition) is 3. The van der Waals surface area contributed by atoms with E-state index in [-0.39, 0.29) is 0 Å². The summed E-state index contributed by atoms with van der Waals surface area (Å²) in [7, 11) is 3.96. The highest BCUT2D eigenvalue weighted by molar-refractivity contribution is 4.80. The van der Waals surface area contributed by atoms with E-state index in [1.807, 2.05) is 0 Å². The predicted molar refractivity (Wildman–Crippen MR) is 45.2 cm³/mol. The van der Waals surface area contributed by atoms with Gasteiger partial charge < -0.3 is 9.74 Å². The van der Waals surface area contributed by atoms with Crippen LogP contribution in [0.15, 0.2) is 0 Å². The Kier molecular flexibility index (Phi) is 3.30. The molecule has 0 aliphatic carbocycles. The third-order valence-electron chi connectivity index (χ3n) is 2.32. The van der Waals surface area contributed by atoms with Crippen LogP contribution in [0.2, 0.25) is 0 Å². The molecule has 0 radical (unpaired) electrons. The van der Waals surface area contributed by atoms with Gasteiger partial charge in [-0.2, -0.15) is 0 Å². The van der Waals surface area contributed by atoms with Gasteiger partial charge in [0, 0.05) is 19.6 Å². The second-order valence-corrected chi connectivity index (χ2v) is 3.45. The first-order chi connectivity index (χ1) is 5.24. The zero-order chi connectivity index (χ0) is 8.27. The number of hydrogen-bond donors (Lipinski definition) is 1. The van der Waals surface area contributed by atoms with Crippen molar-refractivity contribution in [2.75, 3.05) is 27.2 Å². The van der Waals surface area contributed by atoms with Gasteiger partial charge in [-0.15, -0.1) is 0 Å². The maximum atomic E-state index is 5.14. The SMILES string of the molecule is CNOC[C@@H]1CC(C)CN1C. The molecule has 1 N–H and O–H groups in total. The van der Waals surface area contributed by atoms with Crippen LogP contribution < -0.4 is 5.48 Å². The number of rotatable bonds is 3. The molecule has 1 unspecified atom stereocenters. The Bertz CT molecular complexity index is 119. The van der Waals surface area contributed by atoms with Gasteiger partial charge in [0.1, 0.15) is 0 Å². The summed E-state index contributed by atoms with van der Waals surface area (Å²) in [6.07, 6.45) is 1.26. The highest BCUT2D eigenvalue weighted by Crippen LogP contribution is 2.20. The fourth-order valence-electron chi connectivity index (χ4n) is 1.73. The minimum absolute atomic E-state index is 0.609. The number of likely N-dealkylation sites (tertiary alicyclic amines) is 1. The van der Waals surface area contributed by atoms with Gasteiger partial charge in [-0.3, -0.25) is 0 Å². The summed E-state index contributed by atoms with van der Waals surface area (Å²) in [5, 5.41) is 0. The molecule has 2 atom stereocenters. The number of likely N-dealkylation sites (N-methyl/N-ethyl adjacent to an activating group) is 1. The zero-order valence-electron chi connectivity index (χ0n) is 7.63. The van der Waals surface area contributed by atoms with Crippen LogP contribution in [0.25, 0.3) is 0 Å². The minimum atomic E-state index is 0.609. The summed E-state index contributed by atoms with van der Waals surface area (Å²) in [4.78, 5) is 7.51. The summed E-state index contributed by atoms with van der Waals surface area (Å²) >= 11 is 0. The first kappa shape index (κ1) is 8.97. The maximum absolute atomic E-state index is 5.14. The zero-order valence-corrected chi connectivity index (χ0v) is 7.63. The third kappa shape index (κ3) is 2.43. The van der Waals surface area contributed by atoms with Crippen molar-refractivity contribution in [1.29, 1.82) is 0 Å². The first-order valence-corrected chi connectivity index (χ1v) is 4.22. The van der Waals surface area contributed by atoms with Gasteiger partial charge in [0.25, 0.3) is 0 Å². The molecule has 0 bridgehead atoms. The molecule has 1 aliphatic rings. The van der Waals surface area contributed by atoms with E-state index in [0.717, 1.165) is 12.5 Å². The van der Waals surface area contributed by atoms with Crippen molar-refractivity contribution in [3.05, 3.63) is 0 Å². The third-order valence-corrected chi connectivity index (χ3v) is 2.32. The molecule has 1 rings (SSSR count). The Morgan fingerprint density at radius 2 is 2.36 bits per heavy atom. The lowest BCUT2D eigenvalue weighted by molar-refractivity contribution is 0.0250. The summed E-state index contributed by atoms with van der Waals surface area (Å²) in [5.74, 6) is 0.824. The molecule has 0 aromatic heterocycles. The summed E-state index contributed by atoms with van der Waals surface area (Å²) in [6.45, 7) is 4.30. The summed E-state index contributed by atoms with van der Waals surface area (Å²) < 4.78 is 0. The molecule has 1 fully saturated rings. The second kappa shape index (κ2) is 4.04. The van der Waals surface area contributed by atoms with E-state index in [9.17, 15) is 0 Å². The fourth-order valence-corrected chi connectivity index (χ4v) is 1.73. The molecule has 0 amide bonds. The summed E-state index contributed by atoms with van der Waals surface area (Å²) in [6, 6.07) is 0.609. The van der Waals surface area contributed by atoms with Crippen molar-refractivity contribution in [2.24, 2.45) is 5.92 Å². The van der Waals surface area contributed by atoms with Crippen molar-refractivity contribution >= 4 is 0 Å². The van der Waals surface area contributed by atoms with E-state index in [4.69, 9.17) is 4.84 Å². The maximum Gasteiger partial charge on any atom is 0.0837 e. The van der Waals surface area contributed by atoms with Crippen LogP contribution in [0.5, 0.6) is 0 Å². The average molecular weight is 158 g/mol. The molecule has 0 aromatic rings. The standard InChI is InChI=1S/C8H18N2O/c1-7-4-8(6-11-9-2)10(3)5-7/h7-9H,4-6H2,1-3H3/t7?,8-/m0/s1. The van der Waals surface area contributed by atoms with Gasteiger partial charge in [0.15, 0.2) is 0 Å². The first-order valence-electron chi connectivity index (χ1n) is 4.22. The quantitative estimate of drug-likeness (QED) is 0.605. The monoisotopic (exact) mass is 158 g/mol. The van der Waals surface area contributed by atoms with Crippen LogP contribution in [0.3, 0.4) is 0 Å². The minimum Gasteiger partial charge on any atom is -0.301 e. The lowest BCUT2D eigenvalue weighted by Crippen LogP contribution is -2.31. The topological polar surface area (TPSA) is 24.5 Å². The predicted octanol–water partition coefficient (Wildman–Crippen LogP) is 0.478. The van der Waals surface area contributed by atoms with E-state index in [1.165, 1.54) is 13.0 Å². The van der Waals surface area contributed by atoms with E-state index in [2.05, 4.69) is 24.4 Å². The molecule has 0 aromatic carbocycles. The van der Waals surface area contributed by atoms with Crippen LogP contribution in [0.4, 0.5) is 0 Å². The van der Waals surface area contributed by atoms with Gasteiger partial charge in [-0.25, -0.2) is 5.48 Å². The van der Waals surface area contributed by atoms with Crippen molar-refractivity contribution in [1.82, 2.24) is 10.4 Å². The van der Waals surface area contributed by atoms with Crippen LogP contribution in [-0.4, -0.2) is 38.2 Å². The van der Waals surface area contributed by atoms with Gasteiger partial charge in [-0.05, 0) is 19.4 Å². The molecule has 3 nitrogen and oxygen atoms in total. The van der Waals surface area contributed by atoms with E-state index in [0.29, 0.717) is 6.04 Å². The van der Waals surface area contributed by atoms with Gasteiger partial charge in [-0.1, -0.05) is 6.92 Å².